The van der Waals surface area contributed by atoms with Crippen molar-refractivity contribution in [3.63, 3.8) is 0 Å². The lowest BCUT2D eigenvalue weighted by atomic mass is 10.1. The lowest BCUT2D eigenvalue weighted by Crippen LogP contribution is -2.32. The molecule has 5 atom stereocenters. The number of nitrogens with zero attached hydrogens (tertiary/aromatic N) is 4. The summed E-state index contributed by atoms with van der Waals surface area (Å²) in [5.74, 6) is -3.07. The van der Waals surface area contributed by atoms with Crippen molar-refractivity contribution in [1.29, 1.82) is 0 Å². The first-order valence-electron chi connectivity index (χ1n) is 22.0. The minimum Gasteiger partial charge on any atom is -0.494 e. The molecule has 4 amide bonds. The Hall–Kier alpha value is -6.43. The average molecular weight is 1070 g/mol. The monoisotopic (exact) mass is 1060 g/mol. The molecule has 0 spiro atoms. The van der Waals surface area contributed by atoms with E-state index in [9.17, 15) is 28.8 Å². The van der Waals surface area contributed by atoms with Gasteiger partial charge in [-0.3, -0.25) is 28.8 Å². The summed E-state index contributed by atoms with van der Waals surface area (Å²) in [5.41, 5.74) is 3.20. The van der Waals surface area contributed by atoms with Gasteiger partial charge in [-0.2, -0.15) is 20.5 Å². The van der Waals surface area contributed by atoms with E-state index in [0.29, 0.717) is 52.8 Å². The smallest absolute Gasteiger partial charge is 0.258 e. The van der Waals surface area contributed by atoms with E-state index < -0.39 is 63.4 Å². The van der Waals surface area contributed by atoms with Gasteiger partial charge < -0.3 is 30.7 Å². The molecule has 5 rings (SSSR count). The SMILES string of the molecule is CCOc1ccc(C(C)Cl)c(NC(=O)c2cc(Cl)cc(N=NC(C(C)=O)C(=O)Nc3ccc(NC(=O)C(N=Nc4cc(Cl)cc(C(=O)Nc5cc(OCC)ccc5C(C)Cl)c4)C(C)=O)c(C(C)Cl)c3)c2)c1. The highest BCUT2D eigenvalue weighted by Gasteiger charge is 2.27. The number of alkyl halides is 3. The molecule has 0 saturated carbocycles. The number of rotatable bonds is 21. The number of halogens is 5. The van der Waals surface area contributed by atoms with Crippen LogP contribution in [0, 0.1) is 0 Å². The molecule has 16 nitrogen and oxygen atoms in total. The number of ether oxygens (including phenoxy) is 2. The van der Waals surface area contributed by atoms with E-state index in [-0.39, 0.29) is 43.9 Å². The third kappa shape index (κ3) is 15.5. The van der Waals surface area contributed by atoms with Crippen LogP contribution >= 0.6 is 58.0 Å². The molecule has 0 radical (unpaired) electrons. The molecule has 0 bridgehead atoms. The van der Waals surface area contributed by atoms with Crippen LogP contribution in [0.25, 0.3) is 0 Å². The average Bonchev–Trinajstić information content (AvgIpc) is 3.29. The molecule has 4 N–H and O–H groups in total. The topological polar surface area (TPSA) is 218 Å². The van der Waals surface area contributed by atoms with Crippen LogP contribution in [-0.2, 0) is 19.2 Å². The zero-order chi connectivity index (χ0) is 52.1. The van der Waals surface area contributed by atoms with Crippen LogP contribution in [0.3, 0.4) is 0 Å². The Morgan fingerprint density at radius 3 is 1.32 bits per heavy atom. The summed E-state index contributed by atoms with van der Waals surface area (Å²) in [4.78, 5) is 79.5. The van der Waals surface area contributed by atoms with Crippen molar-refractivity contribution in [2.75, 3.05) is 34.5 Å². The number of carbonyl (C=O) groups excluding carboxylic acids is 6. The predicted molar refractivity (Wildman–Crippen MR) is 279 cm³/mol. The van der Waals surface area contributed by atoms with Crippen molar-refractivity contribution >= 4 is 127 Å². The summed E-state index contributed by atoms with van der Waals surface area (Å²) in [7, 11) is 0. The Bertz CT molecular complexity index is 2890. The summed E-state index contributed by atoms with van der Waals surface area (Å²) in [5, 5.41) is 25.7. The molecule has 5 unspecified atom stereocenters. The number of nitrogens with one attached hydrogen (secondary N) is 4. The van der Waals surface area contributed by atoms with Crippen LogP contribution in [0.1, 0.15) is 102 Å². The van der Waals surface area contributed by atoms with Gasteiger partial charge in [-0.15, -0.1) is 34.8 Å². The number of Topliss-reactive ketones (excluding diaryl/α,β-unsaturated/α-hetero) is 2. The van der Waals surface area contributed by atoms with Crippen LogP contribution in [0.4, 0.5) is 34.1 Å². The molecule has 372 valence electrons. The highest BCUT2D eigenvalue weighted by Crippen LogP contribution is 2.35. The van der Waals surface area contributed by atoms with E-state index in [1.165, 1.54) is 54.6 Å². The second kappa shape index (κ2) is 25.6. The largest absolute Gasteiger partial charge is 0.494 e. The second-order valence-corrected chi connectivity index (χ2v) is 18.6. The standard InChI is InChI=1S/C50H49Cl5N8O8/c1-8-70-37-11-13-39(25(3)51)43(23-37)58-47(66)30-16-32(54)20-35(18-30)60-62-45(28(6)64)49(68)56-34-10-15-42(41(22-34)27(5)53)57-50(69)46(29(7)65)63-61-36-19-31(17-33(55)21-36)48(67)59-44-24-38(71-9-2)12-14-40(44)26(4)52/h10-27,45-46H,8-9H2,1-7H3,(H,56,68)(H,57,69)(H,58,66)(H,59,67). The number of anilines is 4. The minimum absolute atomic E-state index is 0.0750. The normalized spacial score (nSPS) is 13.4. The van der Waals surface area contributed by atoms with Gasteiger partial charge >= 0.3 is 0 Å². The van der Waals surface area contributed by atoms with Gasteiger partial charge in [-0.1, -0.05) is 35.3 Å². The zero-order valence-electron chi connectivity index (χ0n) is 39.4. The number of azo groups is 2. The molecule has 0 saturated heterocycles. The van der Waals surface area contributed by atoms with Crippen molar-refractivity contribution in [3.8, 4) is 11.5 Å². The van der Waals surface area contributed by atoms with Crippen molar-refractivity contribution < 1.29 is 38.2 Å². The van der Waals surface area contributed by atoms with Crippen molar-refractivity contribution in [1.82, 2.24) is 0 Å². The highest BCUT2D eigenvalue weighted by molar-refractivity contribution is 6.32. The van der Waals surface area contributed by atoms with Crippen molar-refractivity contribution in [3.05, 3.63) is 129 Å². The third-order valence-corrected chi connectivity index (χ3v) is 11.3. The van der Waals surface area contributed by atoms with Gasteiger partial charge in [0, 0.05) is 56.1 Å². The summed E-state index contributed by atoms with van der Waals surface area (Å²) < 4.78 is 11.2. The summed E-state index contributed by atoms with van der Waals surface area (Å²) in [6, 6.07) is 19.8. The second-order valence-electron chi connectivity index (χ2n) is 15.8. The third-order valence-electron chi connectivity index (χ3n) is 10.2. The maximum Gasteiger partial charge on any atom is 0.258 e. The van der Waals surface area contributed by atoms with Gasteiger partial charge in [-0.05, 0) is 132 Å². The predicted octanol–water partition coefficient (Wildman–Crippen LogP) is 13.6. The molecule has 21 heteroatoms. The first kappa shape index (κ1) is 55.5. The van der Waals surface area contributed by atoms with Crippen molar-refractivity contribution in [2.24, 2.45) is 20.5 Å². The van der Waals surface area contributed by atoms with E-state index in [0.717, 1.165) is 13.8 Å². The fourth-order valence-electron chi connectivity index (χ4n) is 6.79. The number of hydrogen-bond donors (Lipinski definition) is 4. The van der Waals surface area contributed by atoms with Gasteiger partial charge in [-0.25, -0.2) is 0 Å². The first-order chi connectivity index (χ1) is 33.7. The molecule has 71 heavy (non-hydrogen) atoms. The Kier molecular flexibility index (Phi) is 20.0. The van der Waals surface area contributed by atoms with Crippen LogP contribution in [-0.4, -0.2) is 60.5 Å². The molecule has 5 aromatic rings. The van der Waals surface area contributed by atoms with Crippen LogP contribution in [0.2, 0.25) is 10.0 Å². The molecule has 0 aliphatic rings. The van der Waals surface area contributed by atoms with E-state index in [2.05, 4.69) is 41.7 Å². The number of benzene rings is 5. The number of amides is 4. The number of carbonyl (C=O) groups is 6. The summed E-state index contributed by atoms with van der Waals surface area (Å²) >= 11 is 32.0. The lowest BCUT2D eigenvalue weighted by molar-refractivity contribution is -0.127. The highest BCUT2D eigenvalue weighted by atomic mass is 35.5. The molecule has 5 aromatic carbocycles. The van der Waals surface area contributed by atoms with Gasteiger partial charge in [0.2, 0.25) is 12.1 Å². The van der Waals surface area contributed by atoms with Crippen LogP contribution in [0.15, 0.2) is 111 Å². The Labute approximate surface area is 435 Å². The molecule has 0 aromatic heterocycles. The zero-order valence-corrected chi connectivity index (χ0v) is 43.2. The van der Waals surface area contributed by atoms with E-state index >= 15 is 0 Å². The molecule has 0 fully saturated rings. The van der Waals surface area contributed by atoms with Gasteiger partial charge in [0.05, 0.1) is 40.7 Å². The molecular weight excluding hydrogens is 1020 g/mol. The Morgan fingerprint density at radius 2 is 0.930 bits per heavy atom. The maximum atomic E-state index is 13.6. The Morgan fingerprint density at radius 1 is 0.507 bits per heavy atom. The number of hydrogen-bond acceptors (Lipinski definition) is 12. The lowest BCUT2D eigenvalue weighted by Gasteiger charge is -2.17. The fraction of sp³-hybridized carbons (Fsp3) is 0.280. The summed E-state index contributed by atoms with van der Waals surface area (Å²) in [6.45, 7) is 11.9. The van der Waals surface area contributed by atoms with Gasteiger partial charge in [0.15, 0.2) is 11.6 Å². The van der Waals surface area contributed by atoms with Gasteiger partial charge in [0.25, 0.3) is 23.6 Å². The van der Waals surface area contributed by atoms with E-state index in [1.54, 1.807) is 57.2 Å². The quantitative estimate of drug-likeness (QED) is 0.0314. The Balaban J connectivity index is 1.29. The molecular formula is C50H49Cl5N8O8. The molecule has 0 aliphatic carbocycles. The van der Waals surface area contributed by atoms with Crippen LogP contribution < -0.4 is 30.7 Å². The summed E-state index contributed by atoms with van der Waals surface area (Å²) in [6.07, 6.45) is 0. The van der Waals surface area contributed by atoms with E-state index in [4.69, 9.17) is 67.5 Å². The number of ketones is 2. The fourth-order valence-corrected chi connectivity index (χ4v) is 7.81. The maximum absolute atomic E-state index is 13.6. The van der Waals surface area contributed by atoms with Crippen LogP contribution in [0.5, 0.6) is 11.5 Å². The van der Waals surface area contributed by atoms with Crippen molar-refractivity contribution in [2.45, 2.75) is 76.7 Å². The molecule has 0 aliphatic heterocycles. The minimum atomic E-state index is -1.64. The van der Waals surface area contributed by atoms with E-state index in [1.807, 2.05) is 13.8 Å². The molecule has 0 heterocycles. The first-order valence-corrected chi connectivity index (χ1v) is 24.0. The van der Waals surface area contributed by atoms with Gasteiger partial charge in [0.1, 0.15) is 11.5 Å².